The van der Waals surface area contributed by atoms with E-state index in [9.17, 15) is 4.79 Å². The predicted molar refractivity (Wildman–Crippen MR) is 151 cm³/mol. The van der Waals surface area contributed by atoms with Crippen LogP contribution in [0.15, 0.2) is 42.6 Å². The molecule has 1 unspecified atom stereocenters. The Hall–Kier alpha value is -3.16. The van der Waals surface area contributed by atoms with E-state index < -0.39 is 5.41 Å². The molecule has 3 heterocycles. The molecule has 8 heteroatoms. The van der Waals surface area contributed by atoms with Gasteiger partial charge in [-0.2, -0.15) is 4.98 Å². The van der Waals surface area contributed by atoms with Gasteiger partial charge in [-0.25, -0.2) is 4.98 Å². The first kappa shape index (κ1) is 25.1. The molecule has 2 aromatic carbocycles. The highest BCUT2D eigenvalue weighted by Gasteiger charge is 2.42. The van der Waals surface area contributed by atoms with E-state index >= 15 is 0 Å². The summed E-state index contributed by atoms with van der Waals surface area (Å²) in [5.41, 5.74) is 7.09. The van der Waals surface area contributed by atoms with Crippen molar-refractivity contribution >= 4 is 40.7 Å². The van der Waals surface area contributed by atoms with E-state index in [1.165, 1.54) is 29.5 Å². The Morgan fingerprint density at radius 3 is 2.87 bits per heavy atom. The molecule has 6 rings (SSSR count). The largest absolute Gasteiger partial charge is 0.466 e. The smallest absolute Gasteiger partial charge is 0.306 e. The van der Waals surface area contributed by atoms with Crippen molar-refractivity contribution in [2.75, 3.05) is 37.0 Å². The summed E-state index contributed by atoms with van der Waals surface area (Å²) in [6.07, 6.45) is 5.59. The molecule has 1 saturated carbocycles. The van der Waals surface area contributed by atoms with Gasteiger partial charge in [-0.1, -0.05) is 36.7 Å². The zero-order valence-electron chi connectivity index (χ0n) is 22.3. The van der Waals surface area contributed by atoms with Crippen molar-refractivity contribution in [3.05, 3.63) is 69.9 Å². The Morgan fingerprint density at radius 1 is 1.26 bits per heavy atom. The number of rotatable bonds is 7. The molecule has 3 aliphatic rings. The number of ether oxygens (including phenoxy) is 1. The monoisotopic (exact) mass is 531 g/mol. The fraction of sp³-hybridized carbons (Fsp3) is 0.433. The molecule has 1 N–H and O–H groups in total. The van der Waals surface area contributed by atoms with E-state index in [0.29, 0.717) is 35.9 Å². The fourth-order valence-electron chi connectivity index (χ4n) is 6.05. The van der Waals surface area contributed by atoms with Crippen molar-refractivity contribution in [3.63, 3.8) is 0 Å². The number of hydrogen-bond donors (Lipinski definition) is 1. The highest BCUT2D eigenvalue weighted by molar-refractivity contribution is 6.33. The van der Waals surface area contributed by atoms with Crippen molar-refractivity contribution in [2.24, 2.45) is 0 Å². The van der Waals surface area contributed by atoms with Gasteiger partial charge in [0.25, 0.3) is 0 Å². The Bertz CT molecular complexity index is 1390. The summed E-state index contributed by atoms with van der Waals surface area (Å²) in [4.78, 5) is 26.4. The van der Waals surface area contributed by atoms with Gasteiger partial charge in [0.05, 0.1) is 19.2 Å². The number of anilines is 4. The summed E-state index contributed by atoms with van der Waals surface area (Å²) in [6, 6.07) is 12.7. The van der Waals surface area contributed by atoms with Gasteiger partial charge in [0.2, 0.25) is 5.95 Å². The number of carbonyl (C=O) groups is 1. The summed E-state index contributed by atoms with van der Waals surface area (Å²) in [6.45, 7) is 6.93. The van der Waals surface area contributed by atoms with E-state index in [2.05, 4.69) is 58.3 Å². The lowest BCUT2D eigenvalue weighted by Gasteiger charge is -2.28. The zero-order valence-corrected chi connectivity index (χ0v) is 23.0. The van der Waals surface area contributed by atoms with E-state index in [0.717, 1.165) is 36.4 Å². The van der Waals surface area contributed by atoms with Gasteiger partial charge < -0.3 is 19.9 Å². The molecule has 198 valence electrons. The first-order chi connectivity index (χ1) is 18.3. The van der Waals surface area contributed by atoms with Crippen LogP contribution in [0, 0.1) is 0 Å². The summed E-state index contributed by atoms with van der Waals surface area (Å²) in [7, 11) is 2.18. The number of aromatic nitrogens is 2. The SMILES string of the molecule is CCOC(=O)CC1(C)CN(c2nc(Nc3cc4c(c(C5CC5)c3)CCN(C)C4)ncc2Cl)c2ccccc21. The number of nitrogens with zero attached hydrogens (tertiary/aromatic N) is 4. The molecule has 38 heavy (non-hydrogen) atoms. The maximum atomic E-state index is 12.5. The van der Waals surface area contributed by atoms with Gasteiger partial charge in [0.15, 0.2) is 5.82 Å². The number of halogens is 1. The lowest BCUT2D eigenvalue weighted by Crippen LogP contribution is -2.32. The van der Waals surface area contributed by atoms with E-state index in [1.54, 1.807) is 6.20 Å². The lowest BCUT2D eigenvalue weighted by atomic mass is 9.81. The zero-order chi connectivity index (χ0) is 26.4. The third-order valence-electron chi connectivity index (χ3n) is 8.01. The molecule has 2 aliphatic heterocycles. The average Bonchev–Trinajstić information content (AvgIpc) is 3.69. The molecule has 3 aromatic rings. The lowest BCUT2D eigenvalue weighted by molar-refractivity contribution is -0.144. The summed E-state index contributed by atoms with van der Waals surface area (Å²) in [5, 5.41) is 3.95. The second kappa shape index (κ2) is 9.86. The summed E-state index contributed by atoms with van der Waals surface area (Å²) in [5.74, 6) is 1.61. The first-order valence-corrected chi connectivity index (χ1v) is 13.9. The third kappa shape index (κ3) is 4.74. The summed E-state index contributed by atoms with van der Waals surface area (Å²) < 4.78 is 5.29. The van der Waals surface area contributed by atoms with Crippen LogP contribution in [0.2, 0.25) is 5.02 Å². The number of fused-ring (bicyclic) bond motifs is 2. The molecular formula is C30H34ClN5O2. The van der Waals surface area contributed by atoms with Gasteiger partial charge in [0, 0.05) is 36.4 Å². The van der Waals surface area contributed by atoms with E-state index in [4.69, 9.17) is 21.3 Å². The standard InChI is InChI=1S/C30H34ClN5O2/c1-4-38-27(37)15-30(2)18-36(26-8-6-5-7-24(26)30)28-25(31)16-32-29(34-28)33-21-13-20-17-35(3)12-11-22(20)23(14-21)19-9-10-19/h5-8,13-14,16,19H,4,9-12,15,17-18H2,1-3H3,(H,32,33,34). The van der Waals surface area contributed by atoms with Crippen LogP contribution in [-0.2, 0) is 27.9 Å². The quantitative estimate of drug-likeness (QED) is 0.369. The molecular weight excluding hydrogens is 498 g/mol. The molecule has 7 nitrogen and oxygen atoms in total. The topological polar surface area (TPSA) is 70.6 Å². The minimum Gasteiger partial charge on any atom is -0.466 e. The number of esters is 1. The molecule has 0 amide bonds. The minimum absolute atomic E-state index is 0.202. The van der Waals surface area contributed by atoms with Crippen LogP contribution < -0.4 is 10.2 Å². The van der Waals surface area contributed by atoms with Crippen LogP contribution in [0.5, 0.6) is 0 Å². The Balaban J connectivity index is 1.32. The number of benzene rings is 2. The van der Waals surface area contributed by atoms with Gasteiger partial charge in [-0.3, -0.25) is 4.79 Å². The minimum atomic E-state index is -0.422. The maximum absolute atomic E-state index is 12.5. The van der Waals surface area contributed by atoms with Crippen molar-refractivity contribution in [1.29, 1.82) is 0 Å². The average molecular weight is 532 g/mol. The first-order valence-electron chi connectivity index (χ1n) is 13.5. The third-order valence-corrected chi connectivity index (χ3v) is 8.27. The van der Waals surface area contributed by atoms with Crippen molar-refractivity contribution in [2.45, 2.75) is 57.4 Å². The number of nitrogens with one attached hydrogen (secondary N) is 1. The highest BCUT2D eigenvalue weighted by Crippen LogP contribution is 2.48. The number of hydrogen-bond acceptors (Lipinski definition) is 7. The molecule has 1 aromatic heterocycles. The second-order valence-corrected chi connectivity index (χ2v) is 11.5. The number of likely N-dealkylation sites (N-methyl/N-ethyl adjacent to an activating group) is 1. The Kier molecular flexibility index (Phi) is 6.52. The van der Waals surface area contributed by atoms with Crippen LogP contribution in [0.4, 0.5) is 23.1 Å². The molecule has 1 aliphatic carbocycles. The molecule has 1 fully saturated rings. The van der Waals surface area contributed by atoms with Crippen molar-refractivity contribution in [1.82, 2.24) is 14.9 Å². The van der Waals surface area contributed by atoms with E-state index in [1.807, 2.05) is 19.1 Å². The van der Waals surface area contributed by atoms with Crippen LogP contribution in [0.25, 0.3) is 0 Å². The van der Waals surface area contributed by atoms with Crippen LogP contribution in [0.3, 0.4) is 0 Å². The van der Waals surface area contributed by atoms with Crippen LogP contribution in [-0.4, -0.2) is 47.6 Å². The van der Waals surface area contributed by atoms with Crippen molar-refractivity contribution < 1.29 is 9.53 Å². The van der Waals surface area contributed by atoms with Crippen LogP contribution >= 0.6 is 11.6 Å². The molecule has 0 spiro atoms. The Labute approximate surface area is 229 Å². The molecule has 0 saturated heterocycles. The Morgan fingerprint density at radius 2 is 2.08 bits per heavy atom. The predicted octanol–water partition coefficient (Wildman–Crippen LogP) is 6.10. The maximum Gasteiger partial charge on any atom is 0.306 e. The van der Waals surface area contributed by atoms with E-state index in [-0.39, 0.29) is 12.4 Å². The summed E-state index contributed by atoms with van der Waals surface area (Å²) >= 11 is 6.69. The van der Waals surface area contributed by atoms with Crippen LogP contribution in [0.1, 0.15) is 61.3 Å². The van der Waals surface area contributed by atoms with Gasteiger partial charge in [0.1, 0.15) is 5.02 Å². The van der Waals surface area contributed by atoms with Crippen molar-refractivity contribution in [3.8, 4) is 0 Å². The fourth-order valence-corrected chi connectivity index (χ4v) is 6.24. The van der Waals surface area contributed by atoms with Gasteiger partial charge >= 0.3 is 5.97 Å². The molecule has 0 bridgehead atoms. The normalized spacial score (nSPS) is 20.7. The molecule has 1 atom stereocenters. The second-order valence-electron chi connectivity index (χ2n) is 11.1. The molecule has 0 radical (unpaired) electrons. The van der Waals surface area contributed by atoms with Gasteiger partial charge in [-0.15, -0.1) is 0 Å². The van der Waals surface area contributed by atoms with Gasteiger partial charge in [-0.05, 0) is 79.6 Å². The number of carbonyl (C=O) groups excluding carboxylic acids is 1. The number of para-hydroxylation sites is 1. The highest BCUT2D eigenvalue weighted by atomic mass is 35.5.